The molecule has 0 spiro atoms. The summed E-state index contributed by atoms with van der Waals surface area (Å²) in [6.07, 6.45) is 3.85. The van der Waals surface area contributed by atoms with Gasteiger partial charge in [-0.1, -0.05) is 0 Å². The predicted octanol–water partition coefficient (Wildman–Crippen LogP) is 0.307. The number of carbonyl (C=O) groups excluding carboxylic acids is 1. The number of nitrogens with zero attached hydrogens (tertiary/aromatic N) is 6. The van der Waals surface area contributed by atoms with E-state index < -0.39 is 0 Å². The highest BCUT2D eigenvalue weighted by Gasteiger charge is 2.26. The number of rotatable bonds is 5. The van der Waals surface area contributed by atoms with E-state index >= 15 is 0 Å². The van der Waals surface area contributed by atoms with E-state index in [9.17, 15) is 4.79 Å². The first-order valence-electron chi connectivity index (χ1n) is 7.87. The topological polar surface area (TPSA) is 75.9 Å². The van der Waals surface area contributed by atoms with E-state index in [1.807, 2.05) is 4.90 Å². The highest BCUT2D eigenvalue weighted by molar-refractivity contribution is 5.99. The SMILES string of the molecule is CN(C)CCCC1CN(C(=O)c2cccn3nnnc23)CCO1. The van der Waals surface area contributed by atoms with Crippen LogP contribution >= 0.6 is 0 Å². The van der Waals surface area contributed by atoms with Crippen molar-refractivity contribution in [1.29, 1.82) is 0 Å². The number of amides is 1. The van der Waals surface area contributed by atoms with E-state index in [4.69, 9.17) is 4.74 Å². The van der Waals surface area contributed by atoms with Gasteiger partial charge in [0.1, 0.15) is 0 Å². The first-order valence-corrected chi connectivity index (χ1v) is 7.87. The van der Waals surface area contributed by atoms with Gasteiger partial charge in [0.05, 0.1) is 18.3 Å². The average molecular weight is 318 g/mol. The highest BCUT2D eigenvalue weighted by Crippen LogP contribution is 2.16. The third-order valence-corrected chi connectivity index (χ3v) is 4.01. The maximum absolute atomic E-state index is 12.8. The van der Waals surface area contributed by atoms with E-state index in [2.05, 4.69) is 34.5 Å². The van der Waals surface area contributed by atoms with Gasteiger partial charge in [-0.05, 0) is 56.0 Å². The number of hydrogen-bond acceptors (Lipinski definition) is 6. The second-order valence-electron chi connectivity index (χ2n) is 6.06. The number of carbonyl (C=O) groups is 1. The fraction of sp³-hybridized carbons (Fsp3) is 0.600. The van der Waals surface area contributed by atoms with E-state index in [1.54, 1.807) is 18.3 Å². The molecule has 0 saturated carbocycles. The molecule has 0 N–H and O–H groups in total. The van der Waals surface area contributed by atoms with Gasteiger partial charge in [-0.15, -0.1) is 5.10 Å². The summed E-state index contributed by atoms with van der Waals surface area (Å²) >= 11 is 0. The van der Waals surface area contributed by atoms with Crippen molar-refractivity contribution >= 4 is 11.6 Å². The van der Waals surface area contributed by atoms with Crippen LogP contribution in [0.2, 0.25) is 0 Å². The second-order valence-corrected chi connectivity index (χ2v) is 6.06. The molecule has 23 heavy (non-hydrogen) atoms. The smallest absolute Gasteiger partial charge is 0.257 e. The van der Waals surface area contributed by atoms with Crippen LogP contribution < -0.4 is 0 Å². The molecule has 0 aliphatic carbocycles. The Morgan fingerprint density at radius 2 is 2.35 bits per heavy atom. The molecule has 0 radical (unpaired) electrons. The predicted molar refractivity (Wildman–Crippen MR) is 84.2 cm³/mol. The largest absolute Gasteiger partial charge is 0.375 e. The normalized spacial score (nSPS) is 18.7. The molecule has 1 aliphatic heterocycles. The van der Waals surface area contributed by atoms with Crippen LogP contribution in [0.4, 0.5) is 0 Å². The molecule has 2 aromatic rings. The molecule has 124 valence electrons. The Balaban J connectivity index is 1.66. The summed E-state index contributed by atoms with van der Waals surface area (Å²) in [5.41, 5.74) is 1.03. The molecule has 0 aromatic carbocycles. The summed E-state index contributed by atoms with van der Waals surface area (Å²) in [5, 5.41) is 11.4. The summed E-state index contributed by atoms with van der Waals surface area (Å²) in [6, 6.07) is 3.55. The first kappa shape index (κ1) is 15.8. The van der Waals surface area contributed by atoms with Gasteiger partial charge in [-0.25, -0.2) is 0 Å². The zero-order valence-corrected chi connectivity index (χ0v) is 13.6. The van der Waals surface area contributed by atoms with Crippen molar-refractivity contribution in [2.24, 2.45) is 0 Å². The molecule has 1 aliphatic rings. The van der Waals surface area contributed by atoms with E-state index in [0.29, 0.717) is 30.9 Å². The Hall–Kier alpha value is -2.06. The molecule has 1 unspecified atom stereocenters. The van der Waals surface area contributed by atoms with Crippen LogP contribution in [0.1, 0.15) is 23.2 Å². The van der Waals surface area contributed by atoms with Crippen molar-refractivity contribution in [1.82, 2.24) is 29.8 Å². The number of aromatic nitrogens is 4. The van der Waals surface area contributed by atoms with Crippen LogP contribution in [0.25, 0.3) is 5.65 Å². The van der Waals surface area contributed by atoms with Crippen LogP contribution in [-0.2, 0) is 4.74 Å². The lowest BCUT2D eigenvalue weighted by molar-refractivity contribution is -0.0260. The van der Waals surface area contributed by atoms with Crippen molar-refractivity contribution in [3.8, 4) is 0 Å². The number of pyridine rings is 1. The van der Waals surface area contributed by atoms with Crippen LogP contribution in [0.15, 0.2) is 18.3 Å². The number of tetrazole rings is 1. The lowest BCUT2D eigenvalue weighted by Crippen LogP contribution is -2.45. The van der Waals surface area contributed by atoms with Crippen molar-refractivity contribution in [2.45, 2.75) is 18.9 Å². The Morgan fingerprint density at radius 1 is 1.48 bits per heavy atom. The van der Waals surface area contributed by atoms with Crippen LogP contribution in [-0.4, -0.2) is 82.2 Å². The minimum atomic E-state index is -0.0358. The van der Waals surface area contributed by atoms with Gasteiger partial charge < -0.3 is 14.5 Å². The van der Waals surface area contributed by atoms with Crippen LogP contribution in [0.3, 0.4) is 0 Å². The van der Waals surface area contributed by atoms with Crippen LogP contribution in [0.5, 0.6) is 0 Å². The fourth-order valence-electron chi connectivity index (χ4n) is 2.82. The third-order valence-electron chi connectivity index (χ3n) is 4.01. The molecule has 8 nitrogen and oxygen atoms in total. The quantitative estimate of drug-likeness (QED) is 0.790. The highest BCUT2D eigenvalue weighted by atomic mass is 16.5. The molecule has 1 saturated heterocycles. The molecule has 3 rings (SSSR count). The summed E-state index contributed by atoms with van der Waals surface area (Å²) in [4.78, 5) is 16.8. The maximum Gasteiger partial charge on any atom is 0.257 e. The Kier molecular flexibility index (Phi) is 4.82. The fourth-order valence-corrected chi connectivity index (χ4v) is 2.82. The third kappa shape index (κ3) is 3.65. The van der Waals surface area contributed by atoms with Gasteiger partial charge in [0.15, 0.2) is 5.65 Å². The standard InChI is InChI=1S/C15H22N6O2/c1-19(2)7-3-5-12-11-20(9-10-23-12)15(22)13-6-4-8-21-14(13)16-17-18-21/h4,6,8,12H,3,5,7,9-11H2,1-2H3. The van der Waals surface area contributed by atoms with E-state index in [-0.39, 0.29) is 12.0 Å². The van der Waals surface area contributed by atoms with Gasteiger partial charge in [-0.3, -0.25) is 4.79 Å². The minimum Gasteiger partial charge on any atom is -0.375 e. The number of fused-ring (bicyclic) bond motifs is 1. The van der Waals surface area contributed by atoms with Crippen LogP contribution in [0, 0.1) is 0 Å². The van der Waals surface area contributed by atoms with E-state index in [1.165, 1.54) is 4.52 Å². The lowest BCUT2D eigenvalue weighted by Gasteiger charge is -2.33. The molecular formula is C15H22N6O2. The van der Waals surface area contributed by atoms with Gasteiger partial charge in [0, 0.05) is 19.3 Å². The average Bonchev–Trinajstić information content (AvgIpc) is 3.02. The molecule has 1 amide bonds. The molecule has 8 heteroatoms. The van der Waals surface area contributed by atoms with Crippen molar-refractivity contribution in [3.05, 3.63) is 23.9 Å². The lowest BCUT2D eigenvalue weighted by atomic mass is 10.1. The zero-order valence-electron chi connectivity index (χ0n) is 13.6. The Labute approximate surface area is 135 Å². The Bertz CT molecular complexity index is 671. The number of morpholine rings is 1. The van der Waals surface area contributed by atoms with Crippen molar-refractivity contribution in [3.63, 3.8) is 0 Å². The number of ether oxygens (including phenoxy) is 1. The number of hydrogen-bond donors (Lipinski definition) is 0. The molecule has 1 atom stereocenters. The first-order chi connectivity index (χ1) is 11.1. The zero-order chi connectivity index (χ0) is 16.2. The molecule has 0 bridgehead atoms. The molecule has 2 aromatic heterocycles. The van der Waals surface area contributed by atoms with Gasteiger partial charge >= 0.3 is 0 Å². The van der Waals surface area contributed by atoms with Gasteiger partial charge in [0.25, 0.3) is 5.91 Å². The minimum absolute atomic E-state index is 0.0358. The summed E-state index contributed by atoms with van der Waals surface area (Å²) < 4.78 is 7.31. The Morgan fingerprint density at radius 3 is 3.17 bits per heavy atom. The summed E-state index contributed by atoms with van der Waals surface area (Å²) in [6.45, 7) is 2.82. The monoisotopic (exact) mass is 318 g/mol. The van der Waals surface area contributed by atoms with E-state index in [0.717, 1.165) is 19.4 Å². The summed E-state index contributed by atoms with van der Waals surface area (Å²) in [5.74, 6) is -0.0358. The second kappa shape index (κ2) is 7.01. The van der Waals surface area contributed by atoms with Gasteiger partial charge in [0.2, 0.25) is 0 Å². The molecular weight excluding hydrogens is 296 g/mol. The van der Waals surface area contributed by atoms with Crippen molar-refractivity contribution in [2.75, 3.05) is 40.3 Å². The summed E-state index contributed by atoms with van der Waals surface area (Å²) in [7, 11) is 4.12. The molecule has 3 heterocycles. The maximum atomic E-state index is 12.8. The van der Waals surface area contributed by atoms with Gasteiger partial charge in [-0.2, -0.15) is 4.52 Å². The molecule has 1 fully saturated rings. The van der Waals surface area contributed by atoms with Crippen molar-refractivity contribution < 1.29 is 9.53 Å².